The number of hydrogen-bond acceptors (Lipinski definition) is 3. The van der Waals surface area contributed by atoms with E-state index in [1.807, 2.05) is 23.0 Å². The summed E-state index contributed by atoms with van der Waals surface area (Å²) < 4.78 is 15.1. The summed E-state index contributed by atoms with van der Waals surface area (Å²) in [4.78, 5) is 2.59. The Hall–Kier alpha value is -1.14. The van der Waals surface area contributed by atoms with Crippen molar-refractivity contribution in [2.24, 2.45) is 0 Å². The van der Waals surface area contributed by atoms with Crippen LogP contribution in [0, 0.1) is 5.82 Å². The third kappa shape index (κ3) is 3.91. The number of hydrogen-bond donors (Lipinski definition) is 1. The van der Waals surface area contributed by atoms with E-state index in [9.17, 15) is 4.39 Å². The van der Waals surface area contributed by atoms with Gasteiger partial charge in [-0.1, -0.05) is 12.1 Å². The van der Waals surface area contributed by atoms with Crippen molar-refractivity contribution in [1.29, 1.82) is 0 Å². The fourth-order valence-corrected chi connectivity index (χ4v) is 3.68. The first-order chi connectivity index (χ1) is 10.8. The first-order valence-electron chi connectivity index (χ1n) is 8.03. The highest BCUT2D eigenvalue weighted by Gasteiger charge is 2.32. The maximum absolute atomic E-state index is 13.0. The molecular formula is C17H23Cl2FN4. The smallest absolute Gasteiger partial charge is 0.123 e. The number of aromatic nitrogens is 2. The summed E-state index contributed by atoms with van der Waals surface area (Å²) in [5.41, 5.74) is 2.29. The van der Waals surface area contributed by atoms with E-state index in [1.165, 1.54) is 37.2 Å². The number of benzene rings is 1. The van der Waals surface area contributed by atoms with Crippen molar-refractivity contribution < 1.29 is 4.39 Å². The van der Waals surface area contributed by atoms with Gasteiger partial charge in [0.15, 0.2) is 0 Å². The molecular weight excluding hydrogens is 350 g/mol. The monoisotopic (exact) mass is 372 g/mol. The van der Waals surface area contributed by atoms with Gasteiger partial charge < -0.3 is 5.32 Å². The highest BCUT2D eigenvalue weighted by molar-refractivity contribution is 5.85. The van der Waals surface area contributed by atoms with Crippen LogP contribution in [0.4, 0.5) is 4.39 Å². The van der Waals surface area contributed by atoms with E-state index < -0.39 is 0 Å². The molecule has 2 aliphatic rings. The fraction of sp³-hybridized carbons (Fsp3) is 0.471. The maximum Gasteiger partial charge on any atom is 0.123 e. The predicted octanol–water partition coefficient (Wildman–Crippen LogP) is 3.02. The van der Waals surface area contributed by atoms with Crippen LogP contribution in [0.3, 0.4) is 0 Å². The predicted molar refractivity (Wildman–Crippen MR) is 97.6 cm³/mol. The van der Waals surface area contributed by atoms with Gasteiger partial charge in [-0.3, -0.25) is 9.58 Å². The van der Waals surface area contributed by atoms with E-state index in [2.05, 4.69) is 21.4 Å². The summed E-state index contributed by atoms with van der Waals surface area (Å²) in [6.07, 6.45) is 4.49. The van der Waals surface area contributed by atoms with Gasteiger partial charge in [-0.15, -0.1) is 24.8 Å². The number of halogens is 3. The van der Waals surface area contributed by atoms with Gasteiger partial charge in [-0.2, -0.15) is 5.10 Å². The molecule has 1 aromatic heterocycles. The third-order valence-electron chi connectivity index (χ3n) is 4.87. The first kappa shape index (κ1) is 19.2. The highest BCUT2D eigenvalue weighted by atomic mass is 35.5. The van der Waals surface area contributed by atoms with Gasteiger partial charge in [0.25, 0.3) is 0 Å². The molecule has 2 atom stereocenters. The SMILES string of the molecule is Cl.Cl.Fc1ccc(Cn2nccc2[C@@H]2CN3CCC[C@@H]3CN2)cc1. The lowest BCUT2D eigenvalue weighted by Crippen LogP contribution is -2.50. The first-order valence-corrected chi connectivity index (χ1v) is 8.03. The van der Waals surface area contributed by atoms with Crippen LogP contribution < -0.4 is 5.32 Å². The Morgan fingerprint density at radius 1 is 1.17 bits per heavy atom. The molecule has 0 aliphatic carbocycles. The average molecular weight is 373 g/mol. The Bertz CT molecular complexity index is 646. The van der Waals surface area contributed by atoms with Crippen LogP contribution in [0.1, 0.15) is 30.1 Å². The minimum absolute atomic E-state index is 0. The summed E-state index contributed by atoms with van der Waals surface area (Å²) in [6, 6.07) is 9.80. The molecule has 132 valence electrons. The summed E-state index contributed by atoms with van der Waals surface area (Å²) in [5.74, 6) is -0.196. The number of rotatable bonds is 3. The number of nitrogens with one attached hydrogen (secondary N) is 1. The lowest BCUT2D eigenvalue weighted by molar-refractivity contribution is 0.169. The Labute approximate surface area is 154 Å². The summed E-state index contributed by atoms with van der Waals surface area (Å²) in [7, 11) is 0. The van der Waals surface area contributed by atoms with E-state index in [4.69, 9.17) is 0 Å². The molecule has 1 aromatic carbocycles. The van der Waals surface area contributed by atoms with E-state index >= 15 is 0 Å². The Morgan fingerprint density at radius 3 is 2.75 bits per heavy atom. The van der Waals surface area contributed by atoms with Gasteiger partial charge in [0.2, 0.25) is 0 Å². The van der Waals surface area contributed by atoms with Gasteiger partial charge >= 0.3 is 0 Å². The zero-order chi connectivity index (χ0) is 14.9. The van der Waals surface area contributed by atoms with Crippen molar-refractivity contribution in [2.75, 3.05) is 19.6 Å². The lowest BCUT2D eigenvalue weighted by Gasteiger charge is -2.36. The number of nitrogens with zero attached hydrogens (tertiary/aromatic N) is 3. The molecule has 0 amide bonds. The van der Waals surface area contributed by atoms with Crippen LogP contribution in [-0.4, -0.2) is 40.4 Å². The van der Waals surface area contributed by atoms with E-state index in [0.717, 1.165) is 18.7 Å². The molecule has 3 heterocycles. The molecule has 4 nitrogen and oxygen atoms in total. The molecule has 24 heavy (non-hydrogen) atoms. The summed E-state index contributed by atoms with van der Waals surface area (Å²) in [5, 5.41) is 8.12. The zero-order valence-electron chi connectivity index (χ0n) is 13.4. The van der Waals surface area contributed by atoms with Crippen LogP contribution in [0.15, 0.2) is 36.5 Å². The molecule has 7 heteroatoms. The van der Waals surface area contributed by atoms with Gasteiger partial charge in [0, 0.05) is 25.3 Å². The second-order valence-electron chi connectivity index (χ2n) is 6.29. The standard InChI is InChI=1S/C17H21FN4.2ClH/c18-14-5-3-13(4-6-14)11-22-17(7-8-20-22)16-12-21-9-1-2-15(21)10-19-16;;/h3-8,15-16,19H,1-2,9-12H2;2*1H/t15-,16+;;/m1../s1. The summed E-state index contributed by atoms with van der Waals surface area (Å²) in [6.45, 7) is 4.02. The van der Waals surface area contributed by atoms with Crippen molar-refractivity contribution in [3.63, 3.8) is 0 Å². The minimum Gasteiger partial charge on any atom is -0.306 e. The zero-order valence-corrected chi connectivity index (χ0v) is 15.0. The van der Waals surface area contributed by atoms with Crippen LogP contribution in [0.25, 0.3) is 0 Å². The van der Waals surface area contributed by atoms with Crippen LogP contribution in [0.2, 0.25) is 0 Å². The lowest BCUT2D eigenvalue weighted by atomic mass is 10.1. The molecule has 0 saturated carbocycles. The van der Waals surface area contributed by atoms with Gasteiger partial charge in [-0.25, -0.2) is 4.39 Å². The second kappa shape index (κ2) is 8.30. The molecule has 2 aliphatic heterocycles. The van der Waals surface area contributed by atoms with E-state index in [0.29, 0.717) is 18.6 Å². The molecule has 0 spiro atoms. The Balaban J connectivity index is 0.00000104. The molecule has 2 aromatic rings. The fourth-order valence-electron chi connectivity index (χ4n) is 3.68. The van der Waals surface area contributed by atoms with Crippen molar-refractivity contribution in [1.82, 2.24) is 20.0 Å². The third-order valence-corrected chi connectivity index (χ3v) is 4.87. The van der Waals surface area contributed by atoms with Crippen molar-refractivity contribution in [2.45, 2.75) is 31.5 Å². The molecule has 2 fully saturated rings. The summed E-state index contributed by atoms with van der Waals surface area (Å²) >= 11 is 0. The molecule has 0 bridgehead atoms. The van der Waals surface area contributed by atoms with Crippen molar-refractivity contribution in [3.8, 4) is 0 Å². The molecule has 0 radical (unpaired) electrons. The second-order valence-corrected chi connectivity index (χ2v) is 6.29. The molecule has 0 unspecified atom stereocenters. The quantitative estimate of drug-likeness (QED) is 0.898. The maximum atomic E-state index is 13.0. The van der Waals surface area contributed by atoms with E-state index in [-0.39, 0.29) is 30.6 Å². The van der Waals surface area contributed by atoms with Crippen LogP contribution >= 0.6 is 24.8 Å². The van der Waals surface area contributed by atoms with Crippen molar-refractivity contribution >= 4 is 24.8 Å². The average Bonchev–Trinajstić information content (AvgIpc) is 3.17. The van der Waals surface area contributed by atoms with Crippen LogP contribution in [0.5, 0.6) is 0 Å². The topological polar surface area (TPSA) is 33.1 Å². The van der Waals surface area contributed by atoms with Crippen LogP contribution in [-0.2, 0) is 6.54 Å². The largest absolute Gasteiger partial charge is 0.306 e. The Kier molecular flexibility index (Phi) is 6.63. The number of piperazine rings is 1. The molecule has 1 N–H and O–H groups in total. The number of fused-ring (bicyclic) bond motifs is 1. The molecule has 4 rings (SSSR count). The minimum atomic E-state index is -0.196. The van der Waals surface area contributed by atoms with Gasteiger partial charge in [0.05, 0.1) is 18.3 Å². The Morgan fingerprint density at radius 2 is 1.96 bits per heavy atom. The van der Waals surface area contributed by atoms with Gasteiger partial charge in [-0.05, 0) is 43.1 Å². The highest BCUT2D eigenvalue weighted by Crippen LogP contribution is 2.26. The van der Waals surface area contributed by atoms with E-state index in [1.54, 1.807) is 0 Å². The normalized spacial score (nSPS) is 23.2. The molecule has 2 saturated heterocycles. The van der Waals surface area contributed by atoms with Crippen molar-refractivity contribution in [3.05, 3.63) is 53.6 Å². The van der Waals surface area contributed by atoms with Gasteiger partial charge in [0.1, 0.15) is 5.82 Å².